The first-order valence-corrected chi connectivity index (χ1v) is 6.75. The molecule has 1 unspecified atom stereocenters. The molecule has 0 aromatic heterocycles. The lowest BCUT2D eigenvalue weighted by molar-refractivity contribution is 0.0892. The molecule has 0 heterocycles. The topological polar surface area (TPSA) is 39.7 Å². The summed E-state index contributed by atoms with van der Waals surface area (Å²) in [6.07, 6.45) is 1.10. The maximum absolute atomic E-state index is 5.95. The third kappa shape index (κ3) is 5.09. The van der Waals surface area contributed by atoms with Crippen molar-refractivity contribution in [1.82, 2.24) is 5.32 Å². The van der Waals surface area contributed by atoms with E-state index in [0.29, 0.717) is 6.61 Å². The Labute approximate surface area is 116 Å². The van der Waals surface area contributed by atoms with Gasteiger partial charge in [0.15, 0.2) is 11.5 Å². The maximum atomic E-state index is 5.95. The van der Waals surface area contributed by atoms with Gasteiger partial charge in [0.25, 0.3) is 0 Å². The summed E-state index contributed by atoms with van der Waals surface area (Å²) in [5.41, 5.74) is 1.11. The predicted octanol–water partition coefficient (Wildman–Crippen LogP) is 2.61. The van der Waals surface area contributed by atoms with E-state index in [4.69, 9.17) is 14.2 Å². The van der Waals surface area contributed by atoms with Crippen molar-refractivity contribution in [3.8, 4) is 11.5 Å². The van der Waals surface area contributed by atoms with Crippen LogP contribution in [0.1, 0.15) is 25.8 Å². The quantitative estimate of drug-likeness (QED) is 0.698. The highest BCUT2D eigenvalue weighted by molar-refractivity contribution is 5.46. The molecule has 4 heteroatoms. The highest BCUT2D eigenvalue weighted by atomic mass is 16.5. The molecule has 0 fully saturated rings. The van der Waals surface area contributed by atoms with Gasteiger partial charge in [-0.15, -0.1) is 0 Å². The van der Waals surface area contributed by atoms with Crippen molar-refractivity contribution in [3.63, 3.8) is 0 Å². The van der Waals surface area contributed by atoms with Crippen molar-refractivity contribution in [2.24, 2.45) is 0 Å². The SMILES string of the molecule is CCCNCc1cccc(OC)c1OC(C)COC. The Bertz CT molecular complexity index is 368. The van der Waals surface area contributed by atoms with Crippen molar-refractivity contribution in [2.45, 2.75) is 32.9 Å². The standard InChI is InChI=1S/C15H25NO3/c1-5-9-16-10-13-7-6-8-14(18-4)15(13)19-12(2)11-17-3/h6-8,12,16H,5,9-11H2,1-4H3. The van der Waals surface area contributed by atoms with E-state index in [1.165, 1.54) is 0 Å². The van der Waals surface area contributed by atoms with Crippen LogP contribution in [-0.2, 0) is 11.3 Å². The summed E-state index contributed by atoms with van der Waals surface area (Å²) in [6, 6.07) is 5.95. The fraction of sp³-hybridized carbons (Fsp3) is 0.600. The number of nitrogens with one attached hydrogen (secondary N) is 1. The smallest absolute Gasteiger partial charge is 0.166 e. The van der Waals surface area contributed by atoms with Crippen molar-refractivity contribution < 1.29 is 14.2 Å². The molecule has 0 aliphatic heterocycles. The Kier molecular flexibility index (Phi) is 7.30. The third-order valence-corrected chi connectivity index (χ3v) is 2.74. The van der Waals surface area contributed by atoms with Gasteiger partial charge in [0.1, 0.15) is 6.10 Å². The van der Waals surface area contributed by atoms with Gasteiger partial charge in [0.2, 0.25) is 0 Å². The fourth-order valence-electron chi connectivity index (χ4n) is 1.86. The molecule has 19 heavy (non-hydrogen) atoms. The Hall–Kier alpha value is -1.26. The summed E-state index contributed by atoms with van der Waals surface area (Å²) in [4.78, 5) is 0. The summed E-state index contributed by atoms with van der Waals surface area (Å²) >= 11 is 0. The average Bonchev–Trinajstić information content (AvgIpc) is 2.41. The van der Waals surface area contributed by atoms with Crippen LogP contribution in [0.25, 0.3) is 0 Å². The van der Waals surface area contributed by atoms with E-state index in [9.17, 15) is 0 Å². The van der Waals surface area contributed by atoms with Crippen molar-refractivity contribution in [2.75, 3.05) is 27.4 Å². The normalized spacial score (nSPS) is 12.2. The van der Waals surface area contributed by atoms with E-state index in [-0.39, 0.29) is 6.10 Å². The summed E-state index contributed by atoms with van der Waals surface area (Å²) in [6.45, 7) is 6.46. The van der Waals surface area contributed by atoms with Gasteiger partial charge in [-0.1, -0.05) is 19.1 Å². The van der Waals surface area contributed by atoms with Crippen LogP contribution in [0.3, 0.4) is 0 Å². The van der Waals surface area contributed by atoms with Gasteiger partial charge in [0.05, 0.1) is 13.7 Å². The Morgan fingerprint density at radius 1 is 1.26 bits per heavy atom. The molecule has 0 spiro atoms. The molecule has 1 N–H and O–H groups in total. The van der Waals surface area contributed by atoms with Crippen LogP contribution in [0.5, 0.6) is 11.5 Å². The van der Waals surface area contributed by atoms with Crippen LogP contribution in [0.15, 0.2) is 18.2 Å². The number of hydrogen-bond acceptors (Lipinski definition) is 4. The molecule has 108 valence electrons. The second kappa shape index (κ2) is 8.77. The minimum atomic E-state index is -0.00812. The van der Waals surface area contributed by atoms with Crippen LogP contribution in [0.2, 0.25) is 0 Å². The maximum Gasteiger partial charge on any atom is 0.166 e. The van der Waals surface area contributed by atoms with Crippen LogP contribution in [0, 0.1) is 0 Å². The number of para-hydroxylation sites is 1. The molecular weight excluding hydrogens is 242 g/mol. The molecule has 0 saturated carbocycles. The molecule has 0 saturated heterocycles. The van der Waals surface area contributed by atoms with Crippen LogP contribution < -0.4 is 14.8 Å². The van der Waals surface area contributed by atoms with Gasteiger partial charge in [0, 0.05) is 19.2 Å². The molecule has 0 amide bonds. The molecule has 0 bridgehead atoms. The molecule has 0 radical (unpaired) electrons. The monoisotopic (exact) mass is 267 g/mol. The average molecular weight is 267 g/mol. The summed E-state index contributed by atoms with van der Waals surface area (Å²) in [7, 11) is 3.33. The van der Waals surface area contributed by atoms with E-state index in [1.54, 1.807) is 14.2 Å². The number of hydrogen-bond donors (Lipinski definition) is 1. The first-order valence-electron chi connectivity index (χ1n) is 6.75. The lowest BCUT2D eigenvalue weighted by Crippen LogP contribution is -2.21. The van der Waals surface area contributed by atoms with Gasteiger partial charge in [-0.05, 0) is 26.0 Å². The minimum Gasteiger partial charge on any atom is -0.493 e. The van der Waals surface area contributed by atoms with Gasteiger partial charge in [-0.3, -0.25) is 0 Å². The van der Waals surface area contributed by atoms with E-state index >= 15 is 0 Å². The third-order valence-electron chi connectivity index (χ3n) is 2.74. The van der Waals surface area contributed by atoms with Crippen LogP contribution >= 0.6 is 0 Å². The summed E-state index contributed by atoms with van der Waals surface area (Å²) in [5, 5.41) is 3.38. The molecule has 0 aliphatic carbocycles. The Balaban J connectivity index is 2.82. The van der Waals surface area contributed by atoms with Crippen LogP contribution in [0.4, 0.5) is 0 Å². The van der Waals surface area contributed by atoms with Crippen LogP contribution in [-0.4, -0.2) is 33.5 Å². The second-order valence-corrected chi connectivity index (χ2v) is 4.51. The first kappa shape index (κ1) is 15.8. The highest BCUT2D eigenvalue weighted by Crippen LogP contribution is 2.31. The number of methoxy groups -OCH3 is 2. The van der Waals surface area contributed by atoms with E-state index < -0.39 is 0 Å². The van der Waals surface area contributed by atoms with Crippen molar-refractivity contribution in [1.29, 1.82) is 0 Å². The molecule has 0 aliphatic rings. The number of ether oxygens (including phenoxy) is 3. The highest BCUT2D eigenvalue weighted by Gasteiger charge is 2.13. The van der Waals surface area contributed by atoms with Crippen molar-refractivity contribution >= 4 is 0 Å². The molecule has 1 aromatic carbocycles. The first-order chi connectivity index (χ1) is 9.22. The molecule has 1 atom stereocenters. The summed E-state index contributed by atoms with van der Waals surface area (Å²) in [5.74, 6) is 1.57. The van der Waals surface area contributed by atoms with Gasteiger partial charge in [-0.25, -0.2) is 0 Å². The Morgan fingerprint density at radius 2 is 2.05 bits per heavy atom. The van der Waals surface area contributed by atoms with E-state index in [1.807, 2.05) is 19.1 Å². The lowest BCUT2D eigenvalue weighted by atomic mass is 10.1. The molecular formula is C15H25NO3. The second-order valence-electron chi connectivity index (χ2n) is 4.51. The van der Waals surface area contributed by atoms with Gasteiger partial charge in [-0.2, -0.15) is 0 Å². The zero-order valence-electron chi connectivity index (χ0n) is 12.4. The zero-order chi connectivity index (χ0) is 14.1. The predicted molar refractivity (Wildman–Crippen MR) is 77.0 cm³/mol. The fourth-order valence-corrected chi connectivity index (χ4v) is 1.86. The lowest BCUT2D eigenvalue weighted by Gasteiger charge is -2.19. The van der Waals surface area contributed by atoms with Crippen molar-refractivity contribution in [3.05, 3.63) is 23.8 Å². The van der Waals surface area contributed by atoms with E-state index in [2.05, 4.69) is 18.3 Å². The van der Waals surface area contributed by atoms with Gasteiger partial charge >= 0.3 is 0 Å². The summed E-state index contributed by atoms with van der Waals surface area (Å²) < 4.78 is 16.4. The molecule has 1 aromatic rings. The molecule has 1 rings (SSSR count). The largest absolute Gasteiger partial charge is 0.493 e. The zero-order valence-corrected chi connectivity index (χ0v) is 12.4. The Morgan fingerprint density at radius 3 is 2.68 bits per heavy atom. The van der Waals surface area contributed by atoms with E-state index in [0.717, 1.165) is 36.6 Å². The molecule has 4 nitrogen and oxygen atoms in total. The minimum absolute atomic E-state index is 0.00812. The number of rotatable bonds is 9. The number of benzene rings is 1. The van der Waals surface area contributed by atoms with Gasteiger partial charge < -0.3 is 19.5 Å².